The van der Waals surface area contributed by atoms with Crippen LogP contribution in [0.15, 0.2) is 29.6 Å². The summed E-state index contributed by atoms with van der Waals surface area (Å²) in [5.41, 5.74) is 0.914. The lowest BCUT2D eigenvalue weighted by atomic mass is 9.92. The molecule has 0 spiro atoms. The molecule has 2 aromatic rings. The average molecular weight is 368 g/mol. The number of hydrogen-bond donors (Lipinski definition) is 1. The predicted octanol–water partition coefficient (Wildman–Crippen LogP) is 1.07. The highest BCUT2D eigenvalue weighted by Crippen LogP contribution is 2.34. The fourth-order valence-corrected chi connectivity index (χ4v) is 3.92. The summed E-state index contributed by atoms with van der Waals surface area (Å²) >= 11 is 0. The van der Waals surface area contributed by atoms with Gasteiger partial charge in [0.25, 0.3) is 11.5 Å². The summed E-state index contributed by atoms with van der Waals surface area (Å²) in [5, 5.41) is 0. The van der Waals surface area contributed by atoms with Crippen molar-refractivity contribution in [2.24, 2.45) is 11.8 Å². The van der Waals surface area contributed by atoms with Gasteiger partial charge in [-0.2, -0.15) is 0 Å². The number of carbonyl (C=O) groups excluding carboxylic acids is 1. The maximum absolute atomic E-state index is 12.6. The third-order valence-corrected chi connectivity index (χ3v) is 5.42. The Morgan fingerprint density at radius 3 is 2.41 bits per heavy atom. The van der Waals surface area contributed by atoms with Crippen LogP contribution in [0.2, 0.25) is 0 Å². The summed E-state index contributed by atoms with van der Waals surface area (Å²) in [5.74, 6) is 1.60. The van der Waals surface area contributed by atoms with Gasteiger partial charge < -0.3 is 14.8 Å². The molecule has 0 aromatic carbocycles. The van der Waals surface area contributed by atoms with Crippen molar-refractivity contribution in [2.75, 3.05) is 31.1 Å². The molecule has 27 heavy (non-hydrogen) atoms. The summed E-state index contributed by atoms with van der Waals surface area (Å²) in [6, 6.07) is 3.34. The molecule has 2 unspecified atom stereocenters. The van der Waals surface area contributed by atoms with Gasteiger partial charge in [-0.1, -0.05) is 20.8 Å². The van der Waals surface area contributed by atoms with Crippen molar-refractivity contribution in [1.29, 1.82) is 0 Å². The van der Waals surface area contributed by atoms with Gasteiger partial charge in [0, 0.05) is 55.6 Å². The third-order valence-electron chi connectivity index (χ3n) is 5.42. The summed E-state index contributed by atoms with van der Waals surface area (Å²) in [6.45, 7) is 9.55. The Labute approximate surface area is 157 Å². The van der Waals surface area contributed by atoms with Crippen molar-refractivity contribution in [3.05, 3.63) is 46.5 Å². The zero-order chi connectivity index (χ0) is 19.2. The molecule has 2 atom stereocenters. The molecule has 4 heterocycles. The van der Waals surface area contributed by atoms with Crippen LogP contribution in [0.4, 0.5) is 5.82 Å². The largest absolute Gasteiger partial charge is 0.356 e. The lowest BCUT2D eigenvalue weighted by Crippen LogP contribution is -2.34. The number of rotatable bonds is 2. The second-order valence-corrected chi connectivity index (χ2v) is 8.44. The highest BCUT2D eigenvalue weighted by atomic mass is 16.2. The standard InChI is InChI=1S/C19H24N6O2/c1-19(2,3)15-5-16(22-11-21-15)24-6-12-8-25(9-13(12)7-24)18(27)14-4-17(26)23-10-20-14/h4-5,10-13H,6-9H2,1-3H3,(H,20,23,26). The van der Waals surface area contributed by atoms with Crippen LogP contribution in [0.5, 0.6) is 0 Å². The van der Waals surface area contributed by atoms with Gasteiger partial charge in [0.05, 0.1) is 12.0 Å². The SMILES string of the molecule is CC(C)(C)c1cc(N2CC3CN(C(=O)c4cc(=O)[nH]cn4)CC3C2)ncn1. The molecule has 2 aliphatic rings. The first kappa shape index (κ1) is 17.6. The van der Waals surface area contributed by atoms with E-state index in [-0.39, 0.29) is 22.6 Å². The van der Waals surface area contributed by atoms with Crippen LogP contribution in [-0.2, 0) is 5.41 Å². The molecule has 0 saturated carbocycles. The first-order valence-corrected chi connectivity index (χ1v) is 9.23. The Morgan fingerprint density at radius 1 is 1.07 bits per heavy atom. The van der Waals surface area contributed by atoms with Gasteiger partial charge >= 0.3 is 0 Å². The Bertz CT molecular complexity index is 905. The van der Waals surface area contributed by atoms with Crippen LogP contribution in [0.1, 0.15) is 37.0 Å². The second-order valence-electron chi connectivity index (χ2n) is 8.44. The fraction of sp³-hybridized carbons (Fsp3) is 0.526. The number of aromatic amines is 1. The molecule has 1 N–H and O–H groups in total. The minimum atomic E-state index is -0.308. The number of fused-ring (bicyclic) bond motifs is 1. The number of nitrogens with one attached hydrogen (secondary N) is 1. The van der Waals surface area contributed by atoms with Crippen molar-refractivity contribution in [3.8, 4) is 0 Å². The molecule has 142 valence electrons. The highest BCUT2D eigenvalue weighted by molar-refractivity contribution is 5.92. The number of amides is 1. The molecular weight excluding hydrogens is 344 g/mol. The second kappa shape index (κ2) is 6.44. The van der Waals surface area contributed by atoms with Gasteiger partial charge in [0.15, 0.2) is 0 Å². The van der Waals surface area contributed by atoms with Gasteiger partial charge in [-0.3, -0.25) is 9.59 Å². The van der Waals surface area contributed by atoms with Gasteiger partial charge in [0.1, 0.15) is 17.8 Å². The fourth-order valence-electron chi connectivity index (χ4n) is 3.92. The van der Waals surface area contributed by atoms with Gasteiger partial charge in [-0.25, -0.2) is 15.0 Å². The minimum Gasteiger partial charge on any atom is -0.356 e. The molecule has 2 saturated heterocycles. The Hall–Kier alpha value is -2.77. The molecule has 1 amide bonds. The Balaban J connectivity index is 1.44. The number of hydrogen-bond acceptors (Lipinski definition) is 6. The van der Waals surface area contributed by atoms with E-state index in [1.165, 1.54) is 12.4 Å². The van der Waals surface area contributed by atoms with E-state index in [4.69, 9.17) is 0 Å². The third kappa shape index (κ3) is 3.43. The maximum atomic E-state index is 12.6. The van der Waals surface area contributed by atoms with Crippen molar-refractivity contribution >= 4 is 11.7 Å². The monoisotopic (exact) mass is 368 g/mol. The number of anilines is 1. The van der Waals surface area contributed by atoms with E-state index in [1.807, 2.05) is 4.90 Å². The smallest absolute Gasteiger partial charge is 0.272 e. The summed E-state index contributed by atoms with van der Waals surface area (Å²) in [6.07, 6.45) is 2.91. The number of nitrogens with zero attached hydrogens (tertiary/aromatic N) is 5. The van der Waals surface area contributed by atoms with Crippen LogP contribution in [0, 0.1) is 11.8 Å². The van der Waals surface area contributed by atoms with E-state index in [9.17, 15) is 9.59 Å². The first-order valence-electron chi connectivity index (χ1n) is 9.23. The normalized spacial score (nSPS) is 22.2. The van der Waals surface area contributed by atoms with E-state index in [0.717, 1.165) is 24.6 Å². The molecule has 2 aliphatic heterocycles. The molecule has 0 radical (unpaired) electrons. The number of carbonyl (C=O) groups is 1. The topological polar surface area (TPSA) is 95.1 Å². The van der Waals surface area contributed by atoms with E-state index < -0.39 is 0 Å². The van der Waals surface area contributed by atoms with E-state index in [2.05, 4.69) is 51.7 Å². The van der Waals surface area contributed by atoms with E-state index >= 15 is 0 Å². The van der Waals surface area contributed by atoms with Gasteiger partial charge in [-0.05, 0) is 0 Å². The van der Waals surface area contributed by atoms with E-state index in [0.29, 0.717) is 24.9 Å². The lowest BCUT2D eigenvalue weighted by molar-refractivity contribution is 0.0776. The van der Waals surface area contributed by atoms with Crippen LogP contribution >= 0.6 is 0 Å². The molecule has 0 aliphatic carbocycles. The molecule has 8 heteroatoms. The number of likely N-dealkylation sites (tertiary alicyclic amines) is 1. The first-order chi connectivity index (χ1) is 12.8. The zero-order valence-electron chi connectivity index (χ0n) is 15.8. The highest BCUT2D eigenvalue weighted by Gasteiger charge is 2.42. The zero-order valence-corrected chi connectivity index (χ0v) is 15.8. The Kier molecular flexibility index (Phi) is 4.20. The summed E-state index contributed by atoms with van der Waals surface area (Å²) in [4.78, 5) is 43.4. The van der Waals surface area contributed by atoms with Crippen molar-refractivity contribution < 1.29 is 4.79 Å². The minimum absolute atomic E-state index is 0.0168. The maximum Gasteiger partial charge on any atom is 0.272 e. The molecule has 4 rings (SSSR count). The van der Waals surface area contributed by atoms with Gasteiger partial charge in [-0.15, -0.1) is 0 Å². The van der Waals surface area contributed by atoms with Crippen LogP contribution in [0.25, 0.3) is 0 Å². The van der Waals surface area contributed by atoms with E-state index in [1.54, 1.807) is 6.33 Å². The number of aromatic nitrogens is 4. The predicted molar refractivity (Wildman–Crippen MR) is 101 cm³/mol. The van der Waals surface area contributed by atoms with Crippen LogP contribution in [-0.4, -0.2) is 56.9 Å². The molecular formula is C19H24N6O2. The summed E-state index contributed by atoms with van der Waals surface area (Å²) in [7, 11) is 0. The number of H-pyrrole nitrogens is 1. The Morgan fingerprint density at radius 2 is 1.78 bits per heavy atom. The van der Waals surface area contributed by atoms with Crippen LogP contribution < -0.4 is 10.5 Å². The molecule has 8 nitrogen and oxygen atoms in total. The lowest BCUT2D eigenvalue weighted by Gasteiger charge is -2.24. The molecule has 0 bridgehead atoms. The van der Waals surface area contributed by atoms with Crippen molar-refractivity contribution in [3.63, 3.8) is 0 Å². The van der Waals surface area contributed by atoms with Crippen LogP contribution in [0.3, 0.4) is 0 Å². The summed E-state index contributed by atoms with van der Waals surface area (Å²) < 4.78 is 0. The van der Waals surface area contributed by atoms with Gasteiger partial charge in [0.2, 0.25) is 0 Å². The average Bonchev–Trinajstić information content (AvgIpc) is 3.19. The quantitative estimate of drug-likeness (QED) is 0.852. The van der Waals surface area contributed by atoms with Crippen molar-refractivity contribution in [2.45, 2.75) is 26.2 Å². The molecule has 2 fully saturated rings. The molecule has 2 aromatic heterocycles. The van der Waals surface area contributed by atoms with Crippen molar-refractivity contribution in [1.82, 2.24) is 24.8 Å².